The molecule has 2 rings (SSSR count). The SMILES string of the molecule is C=C(C)C(=O)OC1(c2ccc(CN=O)o2)CCCCC1. The number of nitroso groups, excluding NO2 is 1. The topological polar surface area (TPSA) is 68.9 Å². The van der Waals surface area contributed by atoms with Crippen LogP contribution in [0.15, 0.2) is 33.9 Å². The van der Waals surface area contributed by atoms with Gasteiger partial charge in [0.2, 0.25) is 0 Å². The molecule has 5 nitrogen and oxygen atoms in total. The van der Waals surface area contributed by atoms with Gasteiger partial charge in [0.05, 0.1) is 0 Å². The summed E-state index contributed by atoms with van der Waals surface area (Å²) in [6.07, 6.45) is 4.54. The lowest BCUT2D eigenvalue weighted by Gasteiger charge is -2.35. The molecule has 1 aliphatic carbocycles. The monoisotopic (exact) mass is 277 g/mol. The molecule has 0 atom stereocenters. The van der Waals surface area contributed by atoms with Gasteiger partial charge in [0.25, 0.3) is 0 Å². The van der Waals surface area contributed by atoms with Gasteiger partial charge in [0.1, 0.15) is 18.1 Å². The van der Waals surface area contributed by atoms with Gasteiger partial charge in [-0.25, -0.2) is 4.79 Å². The molecule has 0 amide bonds. The predicted molar refractivity (Wildman–Crippen MR) is 73.9 cm³/mol. The molecule has 0 N–H and O–H groups in total. The fourth-order valence-corrected chi connectivity index (χ4v) is 2.56. The van der Waals surface area contributed by atoms with E-state index in [1.165, 1.54) is 0 Å². The first-order chi connectivity index (χ1) is 9.57. The third-order valence-electron chi connectivity index (χ3n) is 3.63. The fourth-order valence-electron chi connectivity index (χ4n) is 2.56. The molecule has 0 saturated heterocycles. The van der Waals surface area contributed by atoms with E-state index in [0.717, 1.165) is 32.1 Å². The van der Waals surface area contributed by atoms with E-state index >= 15 is 0 Å². The molecule has 0 unspecified atom stereocenters. The maximum absolute atomic E-state index is 11.9. The minimum absolute atomic E-state index is 0.00941. The lowest BCUT2D eigenvalue weighted by molar-refractivity contribution is -0.162. The molecular formula is C15H19NO4. The molecule has 1 fully saturated rings. The van der Waals surface area contributed by atoms with Gasteiger partial charge in [-0.15, -0.1) is 0 Å². The summed E-state index contributed by atoms with van der Waals surface area (Å²) in [5.41, 5.74) is -0.355. The summed E-state index contributed by atoms with van der Waals surface area (Å²) in [5, 5.41) is 2.81. The highest BCUT2D eigenvalue weighted by molar-refractivity contribution is 5.87. The Balaban J connectivity index is 2.27. The quantitative estimate of drug-likeness (QED) is 0.466. The molecule has 1 saturated carbocycles. The largest absolute Gasteiger partial charge is 0.460 e. The second kappa shape index (κ2) is 6.03. The van der Waals surface area contributed by atoms with Crippen LogP contribution in [0.25, 0.3) is 0 Å². The molecule has 1 heterocycles. The van der Waals surface area contributed by atoms with Gasteiger partial charge in [-0.3, -0.25) is 0 Å². The number of carbonyl (C=O) groups is 1. The van der Waals surface area contributed by atoms with Crippen LogP contribution in [0.2, 0.25) is 0 Å². The number of hydrogen-bond donors (Lipinski definition) is 0. The molecule has 1 aromatic heterocycles. The number of hydrogen-bond acceptors (Lipinski definition) is 5. The van der Waals surface area contributed by atoms with Crippen LogP contribution in [0.3, 0.4) is 0 Å². The van der Waals surface area contributed by atoms with Crippen LogP contribution in [0.4, 0.5) is 0 Å². The summed E-state index contributed by atoms with van der Waals surface area (Å²) in [6, 6.07) is 3.49. The van der Waals surface area contributed by atoms with Gasteiger partial charge in [-0.1, -0.05) is 18.2 Å². The van der Waals surface area contributed by atoms with E-state index in [9.17, 15) is 9.70 Å². The number of furan rings is 1. The molecular weight excluding hydrogens is 258 g/mol. The normalized spacial score (nSPS) is 17.4. The predicted octanol–water partition coefficient (Wildman–Crippen LogP) is 3.82. The van der Waals surface area contributed by atoms with Crippen molar-refractivity contribution in [1.82, 2.24) is 0 Å². The van der Waals surface area contributed by atoms with Gasteiger partial charge in [0, 0.05) is 5.57 Å². The van der Waals surface area contributed by atoms with E-state index in [0.29, 0.717) is 17.1 Å². The first-order valence-corrected chi connectivity index (χ1v) is 6.84. The summed E-state index contributed by atoms with van der Waals surface area (Å²) in [5.74, 6) is 0.690. The molecule has 20 heavy (non-hydrogen) atoms. The zero-order chi connectivity index (χ0) is 14.6. The van der Waals surface area contributed by atoms with E-state index in [-0.39, 0.29) is 6.54 Å². The second-order valence-electron chi connectivity index (χ2n) is 5.28. The van der Waals surface area contributed by atoms with Crippen molar-refractivity contribution in [3.63, 3.8) is 0 Å². The summed E-state index contributed by atoms with van der Waals surface area (Å²) < 4.78 is 11.3. The lowest BCUT2D eigenvalue weighted by Crippen LogP contribution is -2.34. The molecule has 108 valence electrons. The number of esters is 1. The number of nitrogens with zero attached hydrogens (tertiary/aromatic N) is 1. The first-order valence-electron chi connectivity index (χ1n) is 6.84. The number of ether oxygens (including phenoxy) is 1. The van der Waals surface area contributed by atoms with Crippen molar-refractivity contribution in [3.8, 4) is 0 Å². The van der Waals surface area contributed by atoms with E-state index < -0.39 is 11.6 Å². The zero-order valence-corrected chi connectivity index (χ0v) is 11.7. The van der Waals surface area contributed by atoms with Crippen LogP contribution in [-0.2, 0) is 21.7 Å². The van der Waals surface area contributed by atoms with Crippen molar-refractivity contribution in [2.24, 2.45) is 5.18 Å². The van der Waals surface area contributed by atoms with Crippen molar-refractivity contribution < 1.29 is 13.9 Å². The Hall–Kier alpha value is -1.91. The second-order valence-corrected chi connectivity index (χ2v) is 5.28. The highest BCUT2D eigenvalue weighted by atomic mass is 16.6. The Morgan fingerprint density at radius 3 is 2.70 bits per heavy atom. The molecule has 0 aromatic carbocycles. The van der Waals surface area contributed by atoms with Gasteiger partial charge in [-0.05, 0) is 44.7 Å². The summed E-state index contributed by atoms with van der Waals surface area (Å²) in [6.45, 7) is 5.24. The van der Waals surface area contributed by atoms with Crippen molar-refractivity contribution >= 4 is 5.97 Å². The lowest BCUT2D eigenvalue weighted by atomic mass is 9.82. The Morgan fingerprint density at radius 1 is 1.40 bits per heavy atom. The van der Waals surface area contributed by atoms with Crippen LogP contribution in [0.5, 0.6) is 0 Å². The molecule has 1 aromatic rings. The first kappa shape index (κ1) is 14.5. The summed E-state index contributed by atoms with van der Waals surface area (Å²) in [4.78, 5) is 22.2. The Labute approximate surface area is 118 Å². The van der Waals surface area contributed by atoms with E-state index in [4.69, 9.17) is 9.15 Å². The van der Waals surface area contributed by atoms with Crippen LogP contribution < -0.4 is 0 Å². The van der Waals surface area contributed by atoms with Gasteiger partial charge in [-0.2, -0.15) is 4.91 Å². The molecule has 0 aliphatic heterocycles. The van der Waals surface area contributed by atoms with Crippen LogP contribution in [0.1, 0.15) is 50.5 Å². The zero-order valence-electron chi connectivity index (χ0n) is 11.7. The van der Waals surface area contributed by atoms with Crippen LogP contribution in [-0.4, -0.2) is 5.97 Å². The van der Waals surface area contributed by atoms with Crippen molar-refractivity contribution in [2.75, 3.05) is 0 Å². The van der Waals surface area contributed by atoms with E-state index in [1.54, 1.807) is 19.1 Å². The molecule has 0 radical (unpaired) electrons. The van der Waals surface area contributed by atoms with Crippen molar-refractivity contribution in [3.05, 3.63) is 40.7 Å². The van der Waals surface area contributed by atoms with Crippen LogP contribution in [0, 0.1) is 4.91 Å². The third kappa shape index (κ3) is 2.98. The van der Waals surface area contributed by atoms with Gasteiger partial charge >= 0.3 is 5.97 Å². The maximum atomic E-state index is 11.9. The third-order valence-corrected chi connectivity index (χ3v) is 3.63. The highest BCUT2D eigenvalue weighted by Gasteiger charge is 2.40. The minimum atomic E-state index is -0.727. The minimum Gasteiger partial charge on any atom is -0.460 e. The maximum Gasteiger partial charge on any atom is 0.334 e. The Kier molecular flexibility index (Phi) is 4.37. The number of carbonyl (C=O) groups excluding carboxylic acids is 1. The average Bonchev–Trinajstić information content (AvgIpc) is 2.89. The van der Waals surface area contributed by atoms with Crippen molar-refractivity contribution in [1.29, 1.82) is 0 Å². The highest BCUT2D eigenvalue weighted by Crippen LogP contribution is 2.41. The Bertz CT molecular complexity index is 512. The number of rotatable bonds is 5. The molecule has 1 aliphatic rings. The summed E-state index contributed by atoms with van der Waals surface area (Å²) >= 11 is 0. The van der Waals surface area contributed by atoms with E-state index in [1.807, 2.05) is 0 Å². The fraction of sp³-hybridized carbons (Fsp3) is 0.533. The average molecular weight is 277 g/mol. The van der Waals surface area contributed by atoms with Gasteiger partial charge < -0.3 is 9.15 Å². The van der Waals surface area contributed by atoms with Crippen LogP contribution >= 0.6 is 0 Å². The summed E-state index contributed by atoms with van der Waals surface area (Å²) in [7, 11) is 0. The standard InChI is InChI=1S/C15H19NO4/c1-11(2)14(17)20-15(8-4-3-5-9-15)13-7-6-12(19-13)10-16-18/h6-7H,1,3-5,8-10H2,2H3. The van der Waals surface area contributed by atoms with E-state index in [2.05, 4.69) is 11.8 Å². The smallest absolute Gasteiger partial charge is 0.334 e. The molecule has 0 spiro atoms. The molecule has 0 bridgehead atoms. The van der Waals surface area contributed by atoms with Crippen molar-refractivity contribution in [2.45, 2.75) is 51.2 Å². The molecule has 5 heteroatoms. The Morgan fingerprint density at radius 2 is 2.10 bits per heavy atom. The van der Waals surface area contributed by atoms with Gasteiger partial charge in [0.15, 0.2) is 5.60 Å².